The van der Waals surface area contributed by atoms with Crippen LogP contribution in [0.15, 0.2) is 59.2 Å². The zero-order chi connectivity index (χ0) is 24.1. The quantitative estimate of drug-likeness (QED) is 0.582. The van der Waals surface area contributed by atoms with E-state index in [-0.39, 0.29) is 52.5 Å². The molecular formula is C24H22ClFN2O5. The van der Waals surface area contributed by atoms with Crippen LogP contribution in [0.5, 0.6) is 11.5 Å². The van der Waals surface area contributed by atoms with Crippen molar-refractivity contribution in [2.45, 2.75) is 26.4 Å². The van der Waals surface area contributed by atoms with Gasteiger partial charge in [-0.25, -0.2) is 9.18 Å². The monoisotopic (exact) mass is 472 g/mol. The maximum absolute atomic E-state index is 14.0. The lowest BCUT2D eigenvalue weighted by Gasteiger charge is -2.27. The minimum atomic E-state index is -0.894. The Kier molecular flexibility index (Phi) is 7.46. The molecule has 1 unspecified atom stereocenters. The van der Waals surface area contributed by atoms with Gasteiger partial charge in [-0.1, -0.05) is 29.8 Å². The molecule has 0 aliphatic carbocycles. The van der Waals surface area contributed by atoms with Crippen molar-refractivity contribution < 1.29 is 28.1 Å². The van der Waals surface area contributed by atoms with Crippen LogP contribution in [0.3, 0.4) is 0 Å². The molecule has 1 aliphatic rings. The summed E-state index contributed by atoms with van der Waals surface area (Å²) in [5, 5.41) is 9.87. The lowest BCUT2D eigenvalue weighted by Crippen LogP contribution is -2.25. The van der Waals surface area contributed by atoms with Gasteiger partial charge in [0.1, 0.15) is 29.8 Å². The van der Waals surface area contributed by atoms with Gasteiger partial charge in [0, 0.05) is 5.56 Å². The van der Waals surface area contributed by atoms with Crippen LogP contribution in [0.2, 0.25) is 5.02 Å². The van der Waals surface area contributed by atoms with Gasteiger partial charge in [0.15, 0.2) is 11.5 Å². The van der Waals surface area contributed by atoms with Crippen molar-refractivity contribution in [2.24, 2.45) is 5.73 Å². The van der Waals surface area contributed by atoms with Crippen LogP contribution in [0, 0.1) is 17.1 Å². The molecule has 3 rings (SSSR count). The third kappa shape index (κ3) is 4.89. The standard InChI is InChI=1S/C24H22ClFN2O5/c1-4-31-24(29)20-13(2)33-23(28)16(11-27)21(20)15-9-17(25)22(19(10-15)30-3)32-12-14-7-5-6-8-18(14)26/h5-10,21H,4,12,28H2,1-3H3. The van der Waals surface area contributed by atoms with Crippen molar-refractivity contribution in [3.63, 3.8) is 0 Å². The third-order valence-corrected chi connectivity index (χ3v) is 5.30. The number of nitriles is 1. The van der Waals surface area contributed by atoms with Gasteiger partial charge >= 0.3 is 5.97 Å². The first kappa shape index (κ1) is 24.0. The highest BCUT2D eigenvalue weighted by atomic mass is 35.5. The van der Waals surface area contributed by atoms with Crippen LogP contribution in [0.1, 0.15) is 30.9 Å². The Morgan fingerprint density at radius 3 is 2.70 bits per heavy atom. The number of halogens is 2. The van der Waals surface area contributed by atoms with E-state index in [4.69, 9.17) is 36.3 Å². The molecule has 0 bridgehead atoms. The molecule has 0 fully saturated rings. The second kappa shape index (κ2) is 10.3. The molecule has 1 heterocycles. The van der Waals surface area contributed by atoms with Crippen LogP contribution in [-0.2, 0) is 20.9 Å². The largest absolute Gasteiger partial charge is 0.493 e. The summed E-state index contributed by atoms with van der Waals surface area (Å²) in [6.45, 7) is 3.29. The maximum atomic E-state index is 14.0. The van der Waals surface area contributed by atoms with Gasteiger partial charge in [0.2, 0.25) is 5.88 Å². The number of allylic oxidation sites excluding steroid dienone is 2. The normalized spacial score (nSPS) is 15.6. The molecule has 0 radical (unpaired) electrons. The van der Waals surface area contributed by atoms with E-state index in [9.17, 15) is 14.4 Å². The fourth-order valence-electron chi connectivity index (χ4n) is 3.50. The second-order valence-electron chi connectivity index (χ2n) is 7.03. The summed E-state index contributed by atoms with van der Waals surface area (Å²) < 4.78 is 35.7. The molecule has 2 aromatic carbocycles. The molecule has 172 valence electrons. The van der Waals surface area contributed by atoms with Gasteiger partial charge in [-0.2, -0.15) is 5.26 Å². The Hall–Kier alpha value is -3.70. The van der Waals surface area contributed by atoms with Gasteiger partial charge in [0.05, 0.1) is 30.2 Å². The number of esters is 1. The van der Waals surface area contributed by atoms with E-state index >= 15 is 0 Å². The van der Waals surface area contributed by atoms with E-state index < -0.39 is 17.7 Å². The number of rotatable bonds is 7. The molecule has 7 nitrogen and oxygen atoms in total. The van der Waals surface area contributed by atoms with E-state index in [0.29, 0.717) is 11.1 Å². The molecule has 2 aromatic rings. The molecule has 0 aromatic heterocycles. The van der Waals surface area contributed by atoms with Crippen molar-refractivity contribution in [1.29, 1.82) is 5.26 Å². The van der Waals surface area contributed by atoms with Crippen LogP contribution < -0.4 is 15.2 Å². The highest BCUT2D eigenvalue weighted by Gasteiger charge is 2.37. The number of carbonyl (C=O) groups excluding carboxylic acids is 1. The minimum Gasteiger partial charge on any atom is -0.493 e. The fourth-order valence-corrected chi connectivity index (χ4v) is 3.77. The maximum Gasteiger partial charge on any atom is 0.338 e. The Bertz CT molecular complexity index is 1190. The Balaban J connectivity index is 2.06. The molecule has 1 aliphatic heterocycles. The number of nitrogens with two attached hydrogens (primary N) is 1. The summed E-state index contributed by atoms with van der Waals surface area (Å²) in [7, 11) is 1.41. The van der Waals surface area contributed by atoms with E-state index in [1.165, 1.54) is 19.2 Å². The molecular weight excluding hydrogens is 451 g/mol. The summed E-state index contributed by atoms with van der Waals surface area (Å²) in [4.78, 5) is 12.7. The third-order valence-electron chi connectivity index (χ3n) is 5.02. The van der Waals surface area contributed by atoms with Crippen molar-refractivity contribution in [2.75, 3.05) is 13.7 Å². The summed E-state index contributed by atoms with van der Waals surface area (Å²) in [5.41, 5.74) is 6.88. The highest BCUT2D eigenvalue weighted by molar-refractivity contribution is 6.32. The Labute approximate surface area is 195 Å². The number of methoxy groups -OCH3 is 1. The predicted molar refractivity (Wildman–Crippen MR) is 119 cm³/mol. The predicted octanol–water partition coefficient (Wildman–Crippen LogP) is 4.71. The molecule has 1 atom stereocenters. The second-order valence-corrected chi connectivity index (χ2v) is 7.44. The average Bonchev–Trinajstić information content (AvgIpc) is 2.78. The minimum absolute atomic E-state index is 0.0294. The summed E-state index contributed by atoms with van der Waals surface area (Å²) in [6, 6.07) is 11.3. The SMILES string of the molecule is CCOC(=O)C1=C(C)OC(N)=C(C#N)C1c1cc(Cl)c(OCc2ccccc2F)c(OC)c1. The smallest absolute Gasteiger partial charge is 0.338 e. The number of hydrogen-bond acceptors (Lipinski definition) is 7. The molecule has 0 amide bonds. The summed E-state index contributed by atoms with van der Waals surface area (Å²) in [5.74, 6) is -1.44. The van der Waals surface area contributed by atoms with E-state index in [1.807, 2.05) is 6.07 Å². The van der Waals surface area contributed by atoms with Crippen LogP contribution in [0.25, 0.3) is 0 Å². The van der Waals surface area contributed by atoms with Crippen molar-refractivity contribution in [1.82, 2.24) is 0 Å². The molecule has 9 heteroatoms. The number of ether oxygens (including phenoxy) is 4. The number of hydrogen-bond donors (Lipinski definition) is 1. The van der Waals surface area contributed by atoms with Crippen LogP contribution in [-0.4, -0.2) is 19.7 Å². The Morgan fingerprint density at radius 2 is 2.06 bits per heavy atom. The van der Waals surface area contributed by atoms with E-state index in [2.05, 4.69) is 0 Å². The van der Waals surface area contributed by atoms with Crippen molar-refractivity contribution in [3.8, 4) is 17.6 Å². The van der Waals surface area contributed by atoms with E-state index in [1.54, 1.807) is 38.1 Å². The van der Waals surface area contributed by atoms with Gasteiger partial charge in [-0.3, -0.25) is 0 Å². The number of nitrogens with zero attached hydrogens (tertiary/aromatic N) is 1. The molecule has 0 saturated carbocycles. The van der Waals surface area contributed by atoms with Gasteiger partial charge < -0.3 is 24.7 Å². The van der Waals surface area contributed by atoms with Crippen molar-refractivity contribution >= 4 is 17.6 Å². The average molecular weight is 473 g/mol. The van der Waals surface area contributed by atoms with Crippen LogP contribution in [0.4, 0.5) is 4.39 Å². The summed E-state index contributed by atoms with van der Waals surface area (Å²) in [6.07, 6.45) is 0. The van der Waals surface area contributed by atoms with Gasteiger partial charge in [-0.15, -0.1) is 0 Å². The van der Waals surface area contributed by atoms with Gasteiger partial charge in [-0.05, 0) is 37.6 Å². The number of carbonyl (C=O) groups is 1. The topological polar surface area (TPSA) is 104 Å². The first-order valence-corrected chi connectivity index (χ1v) is 10.4. The fraction of sp³-hybridized carbons (Fsp3) is 0.250. The molecule has 0 saturated heterocycles. The lowest BCUT2D eigenvalue weighted by molar-refractivity contribution is -0.139. The molecule has 33 heavy (non-hydrogen) atoms. The first-order valence-electron chi connectivity index (χ1n) is 10.0. The zero-order valence-corrected chi connectivity index (χ0v) is 19.0. The molecule has 2 N–H and O–H groups in total. The molecule has 0 spiro atoms. The lowest BCUT2D eigenvalue weighted by atomic mass is 9.83. The van der Waals surface area contributed by atoms with Crippen LogP contribution >= 0.6 is 11.6 Å². The Morgan fingerprint density at radius 1 is 1.33 bits per heavy atom. The zero-order valence-electron chi connectivity index (χ0n) is 18.3. The summed E-state index contributed by atoms with van der Waals surface area (Å²) >= 11 is 6.50. The van der Waals surface area contributed by atoms with E-state index in [0.717, 1.165) is 0 Å². The van der Waals surface area contributed by atoms with Gasteiger partial charge in [0.25, 0.3) is 0 Å². The van der Waals surface area contributed by atoms with Crippen molar-refractivity contribution in [3.05, 3.63) is 81.2 Å². The number of benzene rings is 2. The highest BCUT2D eigenvalue weighted by Crippen LogP contribution is 2.45. The first-order chi connectivity index (χ1) is 15.8.